The molecule has 134 valence electrons. The topological polar surface area (TPSA) is 82.1 Å². The van der Waals surface area contributed by atoms with E-state index < -0.39 is 11.2 Å². The molecule has 25 heavy (non-hydrogen) atoms. The predicted molar refractivity (Wildman–Crippen MR) is 82.8 cm³/mol. The van der Waals surface area contributed by atoms with Gasteiger partial charge in [-0.25, -0.2) is 4.79 Å². The van der Waals surface area contributed by atoms with Crippen LogP contribution in [0.15, 0.2) is 11.6 Å². The molecule has 0 aromatic carbocycles. The van der Waals surface area contributed by atoms with E-state index in [0.717, 1.165) is 24.8 Å². The van der Waals surface area contributed by atoms with Crippen molar-refractivity contribution in [1.82, 2.24) is 0 Å². The van der Waals surface area contributed by atoms with E-state index in [1.807, 2.05) is 6.92 Å². The summed E-state index contributed by atoms with van der Waals surface area (Å²) in [6.07, 6.45) is 5.14. The molecule has 3 saturated heterocycles. The molecular weight excluding hydrogens is 324 g/mol. The monoisotopic (exact) mass is 346 g/mol. The quantitative estimate of drug-likeness (QED) is 0.666. The summed E-state index contributed by atoms with van der Waals surface area (Å²) >= 11 is 0. The van der Waals surface area contributed by atoms with E-state index in [2.05, 4.69) is 0 Å². The molecule has 4 heterocycles. The summed E-state index contributed by atoms with van der Waals surface area (Å²) < 4.78 is 17.4. The summed E-state index contributed by atoms with van der Waals surface area (Å²) in [5.74, 6) is -1.48. The largest absolute Gasteiger partial charge is 0.461 e. The first-order chi connectivity index (χ1) is 11.9. The minimum Gasteiger partial charge on any atom is -0.461 e. The fraction of sp³-hybridized carbons (Fsp3) is 0.789. The highest BCUT2D eigenvalue weighted by atomic mass is 16.6. The van der Waals surface area contributed by atoms with Gasteiger partial charge in [0.05, 0.1) is 6.61 Å². The van der Waals surface area contributed by atoms with Crippen molar-refractivity contribution in [1.29, 1.82) is 0 Å². The lowest BCUT2D eigenvalue weighted by Gasteiger charge is -2.67. The van der Waals surface area contributed by atoms with Crippen molar-refractivity contribution in [3.05, 3.63) is 11.6 Å². The van der Waals surface area contributed by atoms with Crippen molar-refractivity contribution in [2.75, 3.05) is 6.61 Å². The summed E-state index contributed by atoms with van der Waals surface area (Å²) in [5, 5.41) is 11.0. The molecule has 1 spiro atoms. The highest BCUT2D eigenvalue weighted by molar-refractivity contribution is 5.86. The number of carbonyl (C=O) groups is 2. The van der Waals surface area contributed by atoms with Crippen LogP contribution in [0, 0.1) is 28.6 Å². The lowest BCUT2D eigenvalue weighted by molar-refractivity contribution is -0.378. The van der Waals surface area contributed by atoms with E-state index in [1.54, 1.807) is 6.08 Å². The van der Waals surface area contributed by atoms with Crippen LogP contribution >= 0.6 is 0 Å². The molecule has 3 aliphatic carbocycles. The maximum Gasteiger partial charge on any atom is 0.331 e. The maximum atomic E-state index is 12.8. The van der Waals surface area contributed by atoms with Crippen molar-refractivity contribution in [3.63, 3.8) is 0 Å². The van der Waals surface area contributed by atoms with Gasteiger partial charge in [-0.15, -0.1) is 0 Å². The standard InChI is InChI=1S/C19H22O6/c1-17-15-12(24-16(17)21)7-10-11(3-2-9-6-13(20)25-14(9)10)18(15)4-5-19(17,22)23-8-18/h6,10-12,14-15,22H,2-5,7-8H2,1H3/t10-,11-,12-,14+,15+,17+,18+,19-/m1/s1. The molecule has 6 heteroatoms. The van der Waals surface area contributed by atoms with E-state index in [9.17, 15) is 14.7 Å². The zero-order chi connectivity index (χ0) is 17.2. The van der Waals surface area contributed by atoms with Crippen LogP contribution < -0.4 is 0 Å². The highest BCUT2D eigenvalue weighted by Crippen LogP contribution is 2.72. The summed E-state index contributed by atoms with van der Waals surface area (Å²) in [5.41, 5.74) is -0.0570. The van der Waals surface area contributed by atoms with E-state index in [0.29, 0.717) is 25.4 Å². The third-order valence-corrected chi connectivity index (χ3v) is 8.42. The molecule has 0 amide bonds. The normalized spacial score (nSPS) is 58.0. The van der Waals surface area contributed by atoms with Gasteiger partial charge in [0.1, 0.15) is 17.6 Å². The zero-order valence-corrected chi connectivity index (χ0v) is 14.2. The predicted octanol–water partition coefficient (Wildman–Crippen LogP) is 1.31. The number of carbonyl (C=O) groups excluding carboxylic acids is 2. The fourth-order valence-corrected chi connectivity index (χ4v) is 7.40. The Labute approximate surface area is 145 Å². The first kappa shape index (κ1) is 14.7. The summed E-state index contributed by atoms with van der Waals surface area (Å²) in [4.78, 5) is 24.6. The van der Waals surface area contributed by atoms with Gasteiger partial charge in [-0.2, -0.15) is 0 Å². The Bertz CT molecular complexity index is 732. The van der Waals surface area contributed by atoms with Crippen molar-refractivity contribution in [3.8, 4) is 0 Å². The lowest BCUT2D eigenvalue weighted by atomic mass is 9.41. The molecule has 8 atom stereocenters. The van der Waals surface area contributed by atoms with E-state index in [-0.39, 0.29) is 41.4 Å². The van der Waals surface area contributed by atoms with Gasteiger partial charge in [-0.3, -0.25) is 4.79 Å². The molecule has 0 radical (unpaired) electrons. The third kappa shape index (κ3) is 1.41. The first-order valence-corrected chi connectivity index (χ1v) is 9.38. The molecule has 1 N–H and O–H groups in total. The van der Waals surface area contributed by atoms with Crippen molar-refractivity contribution in [2.24, 2.45) is 28.6 Å². The number of aliphatic hydroxyl groups is 1. The van der Waals surface area contributed by atoms with Crippen molar-refractivity contribution >= 4 is 11.9 Å². The van der Waals surface area contributed by atoms with Gasteiger partial charge in [0.15, 0.2) is 5.79 Å². The second kappa shape index (κ2) is 4.12. The first-order valence-electron chi connectivity index (χ1n) is 9.38. The molecule has 6 nitrogen and oxygen atoms in total. The number of esters is 2. The molecule has 7 aliphatic rings. The van der Waals surface area contributed by atoms with Crippen LogP contribution in [-0.4, -0.2) is 41.6 Å². The van der Waals surface area contributed by atoms with E-state index in [4.69, 9.17) is 14.2 Å². The van der Waals surface area contributed by atoms with Crippen LogP contribution in [0.5, 0.6) is 0 Å². The molecular formula is C19H22O6. The van der Waals surface area contributed by atoms with Gasteiger partial charge >= 0.3 is 11.9 Å². The second-order valence-corrected chi connectivity index (χ2v) is 9.05. The molecule has 0 unspecified atom stereocenters. The van der Waals surface area contributed by atoms with Gasteiger partial charge in [-0.1, -0.05) is 0 Å². The molecule has 3 saturated carbocycles. The summed E-state index contributed by atoms with van der Waals surface area (Å²) in [7, 11) is 0. The van der Waals surface area contributed by atoms with Gasteiger partial charge in [0.25, 0.3) is 0 Å². The average Bonchev–Trinajstić information content (AvgIpc) is 3.09. The number of hydrogen-bond donors (Lipinski definition) is 1. The highest BCUT2D eigenvalue weighted by Gasteiger charge is 2.80. The number of rotatable bonds is 0. The Morgan fingerprint density at radius 2 is 2.08 bits per heavy atom. The molecule has 0 aromatic heterocycles. The third-order valence-electron chi connectivity index (χ3n) is 8.42. The smallest absolute Gasteiger partial charge is 0.331 e. The minimum atomic E-state index is -1.41. The minimum absolute atomic E-state index is 0.0103. The average molecular weight is 346 g/mol. The number of hydrogen-bond acceptors (Lipinski definition) is 6. The van der Waals surface area contributed by atoms with Crippen LogP contribution in [0.4, 0.5) is 0 Å². The lowest BCUT2D eigenvalue weighted by Crippen LogP contribution is -2.73. The Balaban J connectivity index is 1.49. The zero-order valence-electron chi connectivity index (χ0n) is 14.2. The summed E-state index contributed by atoms with van der Waals surface area (Å²) in [6.45, 7) is 2.30. The van der Waals surface area contributed by atoms with Crippen LogP contribution in [0.1, 0.15) is 39.0 Å². The molecule has 7 rings (SSSR count). The summed E-state index contributed by atoms with van der Waals surface area (Å²) in [6, 6.07) is 0. The van der Waals surface area contributed by atoms with Gasteiger partial charge in [0.2, 0.25) is 0 Å². The van der Waals surface area contributed by atoms with Gasteiger partial charge in [0, 0.05) is 29.7 Å². The maximum absolute atomic E-state index is 12.8. The van der Waals surface area contributed by atoms with Crippen LogP contribution in [0.2, 0.25) is 0 Å². The Morgan fingerprint density at radius 3 is 2.84 bits per heavy atom. The van der Waals surface area contributed by atoms with Crippen LogP contribution in [0.3, 0.4) is 0 Å². The van der Waals surface area contributed by atoms with E-state index in [1.165, 1.54) is 0 Å². The van der Waals surface area contributed by atoms with Crippen molar-refractivity contribution < 1.29 is 28.9 Å². The number of ether oxygens (including phenoxy) is 3. The van der Waals surface area contributed by atoms with Crippen molar-refractivity contribution in [2.45, 2.75) is 57.0 Å². The molecule has 4 aliphatic heterocycles. The van der Waals surface area contributed by atoms with Gasteiger partial charge in [-0.05, 0) is 44.1 Å². The molecule has 6 fully saturated rings. The van der Waals surface area contributed by atoms with Crippen LogP contribution in [-0.2, 0) is 23.8 Å². The number of fused-ring (bicyclic) bond motifs is 5. The fourth-order valence-electron chi connectivity index (χ4n) is 7.40. The SMILES string of the molecule is C[C@]12C(=O)O[C@@H]3C[C@@H]4[C@@H](CCC5=CC(=O)O[C@@H]54)[C@@]4(CC[C@@]1(O)OC4)[C@@H]32. The van der Waals surface area contributed by atoms with E-state index >= 15 is 0 Å². The Morgan fingerprint density at radius 1 is 1.24 bits per heavy atom. The Kier molecular flexibility index (Phi) is 2.43. The Hall–Kier alpha value is -1.40. The molecule has 0 aromatic rings. The second-order valence-electron chi connectivity index (χ2n) is 9.05. The molecule has 2 bridgehead atoms. The van der Waals surface area contributed by atoms with Gasteiger partial charge < -0.3 is 19.3 Å². The van der Waals surface area contributed by atoms with Crippen LogP contribution in [0.25, 0.3) is 0 Å².